The van der Waals surface area contributed by atoms with Gasteiger partial charge in [0.15, 0.2) is 0 Å². The predicted octanol–water partition coefficient (Wildman–Crippen LogP) is 4.13. The third kappa shape index (κ3) is 4.08. The first-order valence-electron chi connectivity index (χ1n) is 10.4. The van der Waals surface area contributed by atoms with Crippen molar-refractivity contribution in [2.24, 2.45) is 5.92 Å². The largest absolute Gasteiger partial charge is 0.480 e. The van der Waals surface area contributed by atoms with Gasteiger partial charge < -0.3 is 15.2 Å². The van der Waals surface area contributed by atoms with Crippen LogP contribution in [0.3, 0.4) is 0 Å². The molecule has 2 N–H and O–H groups in total. The first-order chi connectivity index (χ1) is 14.5. The Morgan fingerprint density at radius 3 is 2.10 bits per heavy atom. The van der Waals surface area contributed by atoms with Crippen LogP contribution in [0.15, 0.2) is 48.5 Å². The average Bonchev–Trinajstić information content (AvgIpc) is 3.39. The van der Waals surface area contributed by atoms with Crippen LogP contribution in [0.5, 0.6) is 0 Å². The van der Waals surface area contributed by atoms with Gasteiger partial charge in [0.2, 0.25) is 0 Å². The summed E-state index contributed by atoms with van der Waals surface area (Å²) in [6.07, 6.45) is 2.57. The lowest BCUT2D eigenvalue weighted by Crippen LogP contribution is -2.43. The Labute approximate surface area is 175 Å². The number of Topliss-reactive ketones (excluding diaryl/α,β-unsaturated/α-hetero) is 1. The maximum atomic E-state index is 12.3. The first-order valence-corrected chi connectivity index (χ1v) is 10.4. The zero-order chi connectivity index (χ0) is 21.1. The molecule has 0 heterocycles. The minimum absolute atomic E-state index is 0.0869. The van der Waals surface area contributed by atoms with Gasteiger partial charge in [-0.15, -0.1) is 0 Å². The van der Waals surface area contributed by atoms with Crippen molar-refractivity contribution in [2.75, 3.05) is 6.61 Å². The zero-order valence-electron chi connectivity index (χ0n) is 16.7. The fraction of sp³-hybridized carbons (Fsp3) is 0.375. The van der Waals surface area contributed by atoms with Gasteiger partial charge in [0, 0.05) is 18.3 Å². The number of benzene rings is 2. The first kappa shape index (κ1) is 20.1. The molecule has 0 aromatic heterocycles. The zero-order valence-corrected chi connectivity index (χ0v) is 16.7. The van der Waals surface area contributed by atoms with Crippen LogP contribution in [0, 0.1) is 5.92 Å². The molecule has 1 atom stereocenters. The third-order valence-electron chi connectivity index (χ3n) is 6.15. The summed E-state index contributed by atoms with van der Waals surface area (Å²) in [5.41, 5.74) is 4.40. The SMILES string of the molecule is O=C(NC(CC(=O)C1CCCC1)C(=O)O)OCC1c2ccccc2-c2ccccc21. The number of carboxylic acid groups (broad SMARTS) is 1. The number of amides is 1. The monoisotopic (exact) mass is 407 g/mol. The second-order valence-electron chi connectivity index (χ2n) is 8.01. The van der Waals surface area contributed by atoms with E-state index in [1.165, 1.54) is 0 Å². The number of hydrogen-bond donors (Lipinski definition) is 2. The summed E-state index contributed by atoms with van der Waals surface area (Å²) in [4.78, 5) is 36.2. The Kier molecular flexibility index (Phi) is 5.84. The molecule has 0 spiro atoms. The average molecular weight is 407 g/mol. The van der Waals surface area contributed by atoms with Gasteiger partial charge in [-0.2, -0.15) is 0 Å². The standard InChI is InChI=1S/C24H25NO5/c26-22(15-7-1-2-8-15)13-21(23(27)28)25-24(29)30-14-20-18-11-5-3-9-16(18)17-10-4-6-12-19(17)20/h3-6,9-12,15,20-21H,1-2,7-8,13-14H2,(H,25,29)(H,27,28). The Bertz CT molecular complexity index is 918. The number of carboxylic acids is 1. The van der Waals surface area contributed by atoms with Crippen LogP contribution in [0.4, 0.5) is 4.79 Å². The molecule has 1 saturated carbocycles. The molecule has 2 aliphatic carbocycles. The molecule has 6 heteroatoms. The van der Waals surface area contributed by atoms with E-state index in [0.29, 0.717) is 0 Å². The molecule has 30 heavy (non-hydrogen) atoms. The molecule has 0 saturated heterocycles. The quantitative estimate of drug-likeness (QED) is 0.720. The predicted molar refractivity (Wildman–Crippen MR) is 111 cm³/mol. The summed E-state index contributed by atoms with van der Waals surface area (Å²) in [6.45, 7) is 0.1000. The molecule has 6 nitrogen and oxygen atoms in total. The maximum Gasteiger partial charge on any atom is 0.407 e. The minimum atomic E-state index is -1.27. The van der Waals surface area contributed by atoms with Crippen LogP contribution in [0.2, 0.25) is 0 Å². The van der Waals surface area contributed by atoms with Gasteiger partial charge in [-0.1, -0.05) is 61.4 Å². The van der Waals surface area contributed by atoms with Gasteiger partial charge in [-0.25, -0.2) is 9.59 Å². The number of hydrogen-bond acceptors (Lipinski definition) is 4. The number of ether oxygens (including phenoxy) is 1. The maximum absolute atomic E-state index is 12.3. The Morgan fingerprint density at radius 2 is 1.53 bits per heavy atom. The molecule has 0 radical (unpaired) electrons. The molecular formula is C24H25NO5. The van der Waals surface area contributed by atoms with Gasteiger partial charge in [0.1, 0.15) is 18.4 Å². The Balaban J connectivity index is 1.39. The lowest BCUT2D eigenvalue weighted by molar-refractivity contribution is -0.141. The number of alkyl carbamates (subject to hydrolysis) is 1. The number of nitrogens with one attached hydrogen (secondary N) is 1. The van der Waals surface area contributed by atoms with Gasteiger partial charge in [0.25, 0.3) is 0 Å². The van der Waals surface area contributed by atoms with Crippen LogP contribution in [-0.2, 0) is 14.3 Å². The van der Waals surface area contributed by atoms with E-state index in [1.807, 2.05) is 48.5 Å². The molecule has 1 unspecified atom stereocenters. The molecule has 2 aromatic carbocycles. The molecule has 1 fully saturated rings. The highest BCUT2D eigenvalue weighted by Crippen LogP contribution is 2.44. The topological polar surface area (TPSA) is 92.7 Å². The normalized spacial score (nSPS) is 16.5. The van der Waals surface area contributed by atoms with Crippen LogP contribution in [-0.4, -0.2) is 35.6 Å². The Morgan fingerprint density at radius 1 is 0.967 bits per heavy atom. The van der Waals surface area contributed by atoms with E-state index in [2.05, 4.69) is 5.32 Å². The number of carbonyl (C=O) groups is 3. The van der Waals surface area contributed by atoms with Crippen molar-refractivity contribution in [1.82, 2.24) is 5.32 Å². The molecule has 2 aromatic rings. The highest BCUT2D eigenvalue weighted by atomic mass is 16.5. The van der Waals surface area contributed by atoms with Crippen LogP contribution < -0.4 is 5.32 Å². The van der Waals surface area contributed by atoms with Crippen molar-refractivity contribution < 1.29 is 24.2 Å². The van der Waals surface area contributed by atoms with Crippen LogP contribution >= 0.6 is 0 Å². The van der Waals surface area contributed by atoms with Gasteiger partial charge in [-0.05, 0) is 35.1 Å². The van der Waals surface area contributed by atoms with Crippen molar-refractivity contribution in [3.05, 3.63) is 59.7 Å². The highest BCUT2D eigenvalue weighted by Gasteiger charge is 2.31. The fourth-order valence-electron chi connectivity index (χ4n) is 4.60. The molecule has 0 bridgehead atoms. The lowest BCUT2D eigenvalue weighted by Gasteiger charge is -2.18. The molecule has 4 rings (SSSR count). The number of carbonyl (C=O) groups excluding carboxylic acids is 2. The number of fused-ring (bicyclic) bond motifs is 3. The van der Waals surface area contributed by atoms with Gasteiger partial charge in [-0.3, -0.25) is 4.79 Å². The summed E-state index contributed by atoms with van der Waals surface area (Å²) < 4.78 is 5.40. The van der Waals surface area contributed by atoms with Crippen molar-refractivity contribution in [3.8, 4) is 11.1 Å². The summed E-state index contributed by atoms with van der Waals surface area (Å²) in [5, 5.41) is 11.8. The van der Waals surface area contributed by atoms with Crippen molar-refractivity contribution >= 4 is 17.8 Å². The highest BCUT2D eigenvalue weighted by molar-refractivity contribution is 5.89. The van der Waals surface area contributed by atoms with Gasteiger partial charge in [0.05, 0.1) is 0 Å². The summed E-state index contributed by atoms with van der Waals surface area (Å²) >= 11 is 0. The second-order valence-corrected chi connectivity index (χ2v) is 8.01. The lowest BCUT2D eigenvalue weighted by atomic mass is 9.97. The molecule has 1 amide bonds. The van der Waals surface area contributed by atoms with Crippen LogP contribution in [0.1, 0.15) is 49.1 Å². The van der Waals surface area contributed by atoms with Crippen LogP contribution in [0.25, 0.3) is 11.1 Å². The van der Waals surface area contributed by atoms with E-state index >= 15 is 0 Å². The summed E-state index contributed by atoms with van der Waals surface area (Å²) in [7, 11) is 0. The summed E-state index contributed by atoms with van der Waals surface area (Å²) in [6, 6.07) is 14.7. The number of aliphatic carboxylic acids is 1. The molecule has 156 valence electrons. The van der Waals surface area contributed by atoms with E-state index in [0.717, 1.165) is 47.9 Å². The van der Waals surface area contributed by atoms with E-state index in [4.69, 9.17) is 4.74 Å². The van der Waals surface area contributed by atoms with E-state index in [9.17, 15) is 19.5 Å². The van der Waals surface area contributed by atoms with E-state index in [-0.39, 0.29) is 30.6 Å². The number of rotatable bonds is 7. The molecular weight excluding hydrogens is 382 g/mol. The third-order valence-corrected chi connectivity index (χ3v) is 6.15. The number of ketones is 1. The molecule has 2 aliphatic rings. The van der Waals surface area contributed by atoms with E-state index in [1.54, 1.807) is 0 Å². The Hall–Kier alpha value is -3.15. The van der Waals surface area contributed by atoms with E-state index < -0.39 is 18.1 Å². The smallest absolute Gasteiger partial charge is 0.407 e. The van der Waals surface area contributed by atoms with Gasteiger partial charge >= 0.3 is 12.1 Å². The summed E-state index contributed by atoms with van der Waals surface area (Å²) in [5.74, 6) is -1.52. The van der Waals surface area contributed by atoms with Crippen molar-refractivity contribution in [3.63, 3.8) is 0 Å². The van der Waals surface area contributed by atoms with Crippen molar-refractivity contribution in [1.29, 1.82) is 0 Å². The minimum Gasteiger partial charge on any atom is -0.480 e. The van der Waals surface area contributed by atoms with Crippen molar-refractivity contribution in [2.45, 2.75) is 44.1 Å². The molecule has 0 aliphatic heterocycles. The second kappa shape index (κ2) is 8.69. The fourth-order valence-corrected chi connectivity index (χ4v) is 4.60.